The van der Waals surface area contributed by atoms with Crippen LogP contribution in [0.4, 0.5) is 5.69 Å². The fraction of sp³-hybridized carbons (Fsp3) is 0.222. The van der Waals surface area contributed by atoms with Gasteiger partial charge in [0.25, 0.3) is 5.91 Å². The van der Waals surface area contributed by atoms with Crippen LogP contribution >= 0.6 is 15.9 Å². The average molecular weight is 522 g/mol. The number of hydrogen-bond acceptors (Lipinski definition) is 4. The molecule has 0 aliphatic heterocycles. The van der Waals surface area contributed by atoms with E-state index in [1.807, 2.05) is 49.4 Å². The van der Waals surface area contributed by atoms with Gasteiger partial charge in [0.2, 0.25) is 0 Å². The SMILES string of the molecule is COc1cc(CNCCc2c[nH]c3ccccc23)c(Br)cc1OCC(=O)Nc1ccc(C)cc1. The van der Waals surface area contributed by atoms with Gasteiger partial charge in [-0.1, -0.05) is 51.8 Å². The van der Waals surface area contributed by atoms with Crippen molar-refractivity contribution in [3.05, 3.63) is 88.0 Å². The first-order chi connectivity index (χ1) is 16.5. The number of rotatable bonds is 10. The lowest BCUT2D eigenvalue weighted by molar-refractivity contribution is -0.118. The number of para-hydroxylation sites is 1. The lowest BCUT2D eigenvalue weighted by Gasteiger charge is -2.14. The Morgan fingerprint density at radius 3 is 2.62 bits per heavy atom. The van der Waals surface area contributed by atoms with Crippen LogP contribution in [0.25, 0.3) is 10.9 Å². The summed E-state index contributed by atoms with van der Waals surface area (Å²) in [6.07, 6.45) is 3.00. The number of aromatic amines is 1. The molecule has 0 aliphatic carbocycles. The first-order valence-electron chi connectivity index (χ1n) is 11.1. The number of nitrogens with one attached hydrogen (secondary N) is 3. The Morgan fingerprint density at radius 2 is 1.82 bits per heavy atom. The monoisotopic (exact) mass is 521 g/mol. The molecule has 1 amide bonds. The fourth-order valence-corrected chi connectivity index (χ4v) is 4.21. The lowest BCUT2D eigenvalue weighted by atomic mass is 10.1. The van der Waals surface area contributed by atoms with Crippen LogP contribution in [-0.4, -0.2) is 31.2 Å². The number of aromatic nitrogens is 1. The molecule has 176 valence electrons. The van der Waals surface area contributed by atoms with Gasteiger partial charge in [-0.3, -0.25) is 4.79 Å². The molecule has 0 atom stereocenters. The Bertz CT molecular complexity index is 1270. The second-order valence-corrected chi connectivity index (χ2v) is 8.94. The largest absolute Gasteiger partial charge is 0.493 e. The van der Waals surface area contributed by atoms with Crippen molar-refractivity contribution in [1.29, 1.82) is 0 Å². The maximum atomic E-state index is 12.3. The summed E-state index contributed by atoms with van der Waals surface area (Å²) in [4.78, 5) is 15.6. The van der Waals surface area contributed by atoms with E-state index in [9.17, 15) is 4.79 Å². The van der Waals surface area contributed by atoms with Crippen LogP contribution in [0.3, 0.4) is 0 Å². The molecule has 0 radical (unpaired) electrons. The third-order valence-corrected chi connectivity index (χ3v) is 6.33. The van der Waals surface area contributed by atoms with E-state index in [0.29, 0.717) is 18.0 Å². The Kier molecular flexibility index (Phi) is 7.87. The number of hydrogen-bond donors (Lipinski definition) is 3. The minimum atomic E-state index is -0.231. The quantitative estimate of drug-likeness (QED) is 0.237. The zero-order chi connectivity index (χ0) is 23.9. The Balaban J connectivity index is 1.31. The third-order valence-electron chi connectivity index (χ3n) is 5.59. The molecule has 0 saturated heterocycles. The molecule has 0 saturated carbocycles. The van der Waals surface area contributed by atoms with Gasteiger partial charge in [0.05, 0.1) is 7.11 Å². The van der Waals surface area contributed by atoms with Gasteiger partial charge in [0, 0.05) is 33.8 Å². The molecular formula is C27H28BrN3O3. The Morgan fingerprint density at radius 1 is 1.03 bits per heavy atom. The molecule has 4 rings (SSSR count). The van der Waals surface area contributed by atoms with Crippen LogP contribution in [0.5, 0.6) is 11.5 Å². The minimum Gasteiger partial charge on any atom is -0.493 e. The molecule has 4 aromatic rings. The average Bonchev–Trinajstić information content (AvgIpc) is 3.26. The van der Waals surface area contributed by atoms with Crippen molar-refractivity contribution >= 4 is 38.4 Å². The molecule has 0 spiro atoms. The Labute approximate surface area is 207 Å². The number of aryl methyl sites for hydroxylation is 1. The molecule has 1 heterocycles. The highest BCUT2D eigenvalue weighted by Gasteiger charge is 2.13. The van der Waals surface area contributed by atoms with E-state index in [4.69, 9.17) is 9.47 Å². The lowest BCUT2D eigenvalue weighted by Crippen LogP contribution is -2.20. The molecule has 1 aromatic heterocycles. The second-order valence-electron chi connectivity index (χ2n) is 8.08. The first-order valence-corrected chi connectivity index (χ1v) is 11.9. The van der Waals surface area contributed by atoms with Gasteiger partial charge in [-0.05, 0) is 61.3 Å². The maximum absolute atomic E-state index is 12.3. The smallest absolute Gasteiger partial charge is 0.262 e. The van der Waals surface area contributed by atoms with E-state index in [-0.39, 0.29) is 12.5 Å². The standard InChI is InChI=1S/C27H28BrN3O3/c1-18-7-9-21(10-8-18)31-27(32)17-34-26-14-23(28)20(13-25(26)33-2)15-29-12-11-19-16-30-24-6-4-3-5-22(19)24/h3-10,13-14,16,29-30H,11-12,15,17H2,1-2H3,(H,31,32). The highest BCUT2D eigenvalue weighted by atomic mass is 79.9. The number of methoxy groups -OCH3 is 1. The van der Waals surface area contributed by atoms with Crippen molar-refractivity contribution in [2.24, 2.45) is 0 Å². The van der Waals surface area contributed by atoms with Crippen molar-refractivity contribution in [1.82, 2.24) is 10.3 Å². The summed E-state index contributed by atoms with van der Waals surface area (Å²) in [5.74, 6) is 0.862. The van der Waals surface area contributed by atoms with Crippen molar-refractivity contribution in [2.75, 3.05) is 25.6 Å². The molecule has 34 heavy (non-hydrogen) atoms. The van der Waals surface area contributed by atoms with Crippen molar-refractivity contribution in [2.45, 2.75) is 19.9 Å². The molecule has 7 heteroatoms. The van der Waals surface area contributed by atoms with Gasteiger partial charge in [0.15, 0.2) is 18.1 Å². The number of H-pyrrole nitrogens is 1. The number of carbonyl (C=O) groups is 1. The van der Waals surface area contributed by atoms with Gasteiger partial charge < -0.3 is 25.1 Å². The van der Waals surface area contributed by atoms with E-state index in [1.165, 1.54) is 10.9 Å². The molecule has 0 fully saturated rings. The first kappa shape index (κ1) is 23.9. The molecule has 0 aliphatic rings. The predicted octanol–water partition coefficient (Wildman–Crippen LogP) is 5.60. The second kappa shape index (κ2) is 11.2. The molecule has 3 aromatic carbocycles. The highest BCUT2D eigenvalue weighted by molar-refractivity contribution is 9.10. The van der Waals surface area contributed by atoms with Crippen LogP contribution in [0.1, 0.15) is 16.7 Å². The summed E-state index contributed by atoms with van der Waals surface area (Å²) < 4.78 is 12.1. The number of amides is 1. The normalized spacial score (nSPS) is 10.9. The molecule has 6 nitrogen and oxygen atoms in total. The topological polar surface area (TPSA) is 75.4 Å². The van der Waals surface area contributed by atoms with Gasteiger partial charge in [-0.25, -0.2) is 0 Å². The predicted molar refractivity (Wildman–Crippen MR) is 140 cm³/mol. The summed E-state index contributed by atoms with van der Waals surface area (Å²) in [6, 6.07) is 19.7. The summed E-state index contributed by atoms with van der Waals surface area (Å²) >= 11 is 3.62. The van der Waals surface area contributed by atoms with E-state index in [1.54, 1.807) is 7.11 Å². The van der Waals surface area contributed by atoms with E-state index in [0.717, 1.165) is 39.8 Å². The number of carbonyl (C=O) groups excluding carboxylic acids is 1. The number of halogens is 1. The number of anilines is 1. The van der Waals surface area contributed by atoms with Gasteiger partial charge in [-0.15, -0.1) is 0 Å². The zero-order valence-corrected chi connectivity index (χ0v) is 20.9. The fourth-order valence-electron chi connectivity index (χ4n) is 3.75. The molecule has 0 bridgehead atoms. The van der Waals surface area contributed by atoms with Crippen LogP contribution in [0, 0.1) is 6.92 Å². The number of fused-ring (bicyclic) bond motifs is 1. The van der Waals surface area contributed by atoms with Gasteiger partial charge in [0.1, 0.15) is 0 Å². The minimum absolute atomic E-state index is 0.112. The summed E-state index contributed by atoms with van der Waals surface area (Å²) in [7, 11) is 1.59. The molecule has 0 unspecified atom stereocenters. The Hall–Kier alpha value is -3.29. The van der Waals surface area contributed by atoms with Crippen molar-refractivity contribution < 1.29 is 14.3 Å². The van der Waals surface area contributed by atoms with Crippen LogP contribution < -0.4 is 20.1 Å². The molecule has 3 N–H and O–H groups in total. The van der Waals surface area contributed by atoms with Crippen molar-refractivity contribution in [3.8, 4) is 11.5 Å². The van der Waals surface area contributed by atoms with E-state index >= 15 is 0 Å². The highest BCUT2D eigenvalue weighted by Crippen LogP contribution is 2.33. The van der Waals surface area contributed by atoms with E-state index < -0.39 is 0 Å². The third kappa shape index (κ3) is 5.98. The maximum Gasteiger partial charge on any atom is 0.262 e. The molecular weight excluding hydrogens is 494 g/mol. The van der Waals surface area contributed by atoms with Gasteiger partial charge in [-0.2, -0.15) is 0 Å². The zero-order valence-electron chi connectivity index (χ0n) is 19.3. The summed E-state index contributed by atoms with van der Waals surface area (Å²) in [6.45, 7) is 3.41. The van der Waals surface area contributed by atoms with Crippen LogP contribution in [0.15, 0.2) is 71.3 Å². The number of benzene rings is 3. The van der Waals surface area contributed by atoms with Gasteiger partial charge >= 0.3 is 0 Å². The summed E-state index contributed by atoms with van der Waals surface area (Å²) in [5, 5.41) is 7.59. The van der Waals surface area contributed by atoms with Crippen LogP contribution in [-0.2, 0) is 17.8 Å². The summed E-state index contributed by atoms with van der Waals surface area (Å²) in [5.41, 5.74) is 5.38. The van der Waals surface area contributed by atoms with E-state index in [2.05, 4.69) is 55.9 Å². The number of ether oxygens (including phenoxy) is 2. The van der Waals surface area contributed by atoms with Crippen LogP contribution in [0.2, 0.25) is 0 Å². The van der Waals surface area contributed by atoms with Crippen molar-refractivity contribution in [3.63, 3.8) is 0 Å².